The van der Waals surface area contributed by atoms with Crippen LogP contribution in [0.3, 0.4) is 0 Å². The van der Waals surface area contributed by atoms with Gasteiger partial charge in [-0.25, -0.2) is 13.6 Å². The van der Waals surface area contributed by atoms with E-state index in [2.05, 4.69) is 0 Å². The summed E-state index contributed by atoms with van der Waals surface area (Å²) in [4.78, 5) is -0.172. The standard InChI is InChI=1S/C17H12F3NO4S/c18-17(19,20)14-10-11(15-2-1-9-24-15)3-8-16(14)25-12-4-6-13(7-5-12)26(21,22)23/h1-10H,(H2,21,22,23). The van der Waals surface area contributed by atoms with Crippen molar-refractivity contribution in [3.63, 3.8) is 0 Å². The van der Waals surface area contributed by atoms with Crippen LogP contribution in [-0.2, 0) is 16.2 Å². The van der Waals surface area contributed by atoms with Gasteiger partial charge in [-0.05, 0) is 54.6 Å². The Kier molecular flexibility index (Phi) is 4.51. The van der Waals surface area contributed by atoms with Gasteiger partial charge in [0, 0.05) is 5.56 Å². The van der Waals surface area contributed by atoms with E-state index in [-0.39, 0.29) is 16.2 Å². The SMILES string of the molecule is NS(=O)(=O)c1ccc(Oc2ccc(-c3ccco3)cc2C(F)(F)F)cc1. The number of sulfonamides is 1. The number of hydrogen-bond donors (Lipinski definition) is 1. The Hall–Kier alpha value is -2.78. The molecule has 5 nitrogen and oxygen atoms in total. The first-order valence-electron chi connectivity index (χ1n) is 7.20. The minimum absolute atomic E-state index is 0.0358. The Morgan fingerprint density at radius 1 is 1.00 bits per heavy atom. The molecule has 0 atom stereocenters. The van der Waals surface area contributed by atoms with E-state index in [0.29, 0.717) is 5.76 Å². The maximum absolute atomic E-state index is 13.4. The molecule has 1 heterocycles. The lowest BCUT2D eigenvalue weighted by Crippen LogP contribution is -2.11. The lowest BCUT2D eigenvalue weighted by Gasteiger charge is -2.15. The van der Waals surface area contributed by atoms with E-state index in [1.54, 1.807) is 12.1 Å². The third-order valence-corrected chi connectivity index (χ3v) is 4.40. The van der Waals surface area contributed by atoms with Gasteiger partial charge < -0.3 is 9.15 Å². The first-order chi connectivity index (χ1) is 12.1. The molecular weight excluding hydrogens is 371 g/mol. The largest absolute Gasteiger partial charge is 0.464 e. The Morgan fingerprint density at radius 3 is 2.23 bits per heavy atom. The first kappa shape index (κ1) is 18.0. The maximum Gasteiger partial charge on any atom is 0.420 e. The van der Waals surface area contributed by atoms with E-state index in [4.69, 9.17) is 14.3 Å². The molecule has 0 saturated heterocycles. The monoisotopic (exact) mass is 383 g/mol. The molecule has 0 aliphatic carbocycles. The summed E-state index contributed by atoms with van der Waals surface area (Å²) in [7, 11) is -3.90. The number of primary sulfonamides is 1. The first-order valence-corrected chi connectivity index (χ1v) is 8.75. The van der Waals surface area contributed by atoms with Crippen LogP contribution in [0, 0.1) is 0 Å². The van der Waals surface area contributed by atoms with Gasteiger partial charge in [0.15, 0.2) is 0 Å². The zero-order valence-corrected chi connectivity index (χ0v) is 13.8. The third-order valence-electron chi connectivity index (χ3n) is 3.47. The molecule has 3 rings (SSSR count). The molecule has 2 N–H and O–H groups in total. The van der Waals surface area contributed by atoms with Crippen LogP contribution < -0.4 is 9.88 Å². The number of furan rings is 1. The summed E-state index contributed by atoms with van der Waals surface area (Å²) >= 11 is 0. The van der Waals surface area contributed by atoms with Gasteiger partial charge in [-0.3, -0.25) is 0 Å². The Labute approximate surface area is 146 Å². The molecule has 136 valence electrons. The van der Waals surface area contributed by atoms with Gasteiger partial charge >= 0.3 is 6.18 Å². The molecule has 0 fully saturated rings. The quantitative estimate of drug-likeness (QED) is 0.724. The highest BCUT2D eigenvalue weighted by Crippen LogP contribution is 2.40. The number of halogens is 3. The minimum atomic E-state index is -4.65. The summed E-state index contributed by atoms with van der Waals surface area (Å²) in [6.45, 7) is 0. The van der Waals surface area contributed by atoms with Crippen LogP contribution in [-0.4, -0.2) is 8.42 Å². The molecular formula is C17H12F3NO4S. The number of benzene rings is 2. The number of rotatable bonds is 4. The molecule has 0 bridgehead atoms. The molecule has 0 aliphatic rings. The summed E-state index contributed by atoms with van der Waals surface area (Å²) in [5, 5.41) is 4.98. The van der Waals surface area contributed by atoms with Crippen LogP contribution in [0.25, 0.3) is 11.3 Å². The molecule has 3 aromatic rings. The number of ether oxygens (including phenoxy) is 1. The summed E-state index contributed by atoms with van der Waals surface area (Å²) in [6.07, 6.45) is -3.29. The summed E-state index contributed by atoms with van der Waals surface area (Å²) in [5.41, 5.74) is -0.735. The minimum Gasteiger partial charge on any atom is -0.464 e. The Bertz CT molecular complexity index is 1010. The average molecular weight is 383 g/mol. The highest BCUT2D eigenvalue weighted by molar-refractivity contribution is 7.89. The van der Waals surface area contributed by atoms with Gasteiger partial charge in [0.25, 0.3) is 0 Å². The zero-order valence-electron chi connectivity index (χ0n) is 13.0. The van der Waals surface area contributed by atoms with Crippen molar-refractivity contribution in [2.45, 2.75) is 11.1 Å². The third kappa shape index (κ3) is 3.89. The number of nitrogens with two attached hydrogens (primary N) is 1. The molecule has 0 amide bonds. The highest BCUT2D eigenvalue weighted by Gasteiger charge is 2.35. The maximum atomic E-state index is 13.4. The van der Waals surface area contributed by atoms with Gasteiger partial charge in [0.1, 0.15) is 17.3 Å². The Balaban J connectivity index is 1.97. The second-order valence-electron chi connectivity index (χ2n) is 5.30. The summed E-state index contributed by atoms with van der Waals surface area (Å²) in [5.74, 6) is -0.0932. The van der Waals surface area contributed by atoms with Crippen molar-refractivity contribution in [2.24, 2.45) is 5.14 Å². The van der Waals surface area contributed by atoms with Gasteiger partial charge in [-0.1, -0.05) is 0 Å². The van der Waals surface area contributed by atoms with Crippen molar-refractivity contribution >= 4 is 10.0 Å². The molecule has 9 heteroatoms. The number of hydrogen-bond acceptors (Lipinski definition) is 4. The van der Waals surface area contributed by atoms with E-state index >= 15 is 0 Å². The van der Waals surface area contributed by atoms with E-state index < -0.39 is 27.5 Å². The van der Waals surface area contributed by atoms with Gasteiger partial charge in [0.2, 0.25) is 10.0 Å². The van der Waals surface area contributed by atoms with Gasteiger partial charge in [-0.2, -0.15) is 13.2 Å². The molecule has 0 spiro atoms. The average Bonchev–Trinajstić information content (AvgIpc) is 3.08. The topological polar surface area (TPSA) is 82.5 Å². The van der Waals surface area contributed by atoms with Gasteiger partial charge in [-0.15, -0.1) is 0 Å². The van der Waals surface area contributed by atoms with Crippen LogP contribution >= 0.6 is 0 Å². The number of alkyl halides is 3. The molecule has 0 saturated carbocycles. The van der Waals surface area contributed by atoms with Crippen molar-refractivity contribution < 1.29 is 30.7 Å². The van der Waals surface area contributed by atoms with Crippen LogP contribution in [0.1, 0.15) is 5.56 Å². The van der Waals surface area contributed by atoms with Gasteiger partial charge in [0.05, 0.1) is 16.7 Å². The van der Waals surface area contributed by atoms with Crippen molar-refractivity contribution in [2.75, 3.05) is 0 Å². The second kappa shape index (κ2) is 6.50. The zero-order chi connectivity index (χ0) is 18.9. The fraction of sp³-hybridized carbons (Fsp3) is 0.0588. The molecule has 0 unspecified atom stereocenters. The van der Waals surface area contributed by atoms with E-state index in [1.165, 1.54) is 30.5 Å². The van der Waals surface area contributed by atoms with Crippen molar-refractivity contribution in [3.8, 4) is 22.8 Å². The lowest BCUT2D eigenvalue weighted by molar-refractivity contribution is -0.138. The summed E-state index contributed by atoms with van der Waals surface area (Å²) in [6, 6.07) is 11.4. The molecule has 0 radical (unpaired) electrons. The fourth-order valence-electron chi connectivity index (χ4n) is 2.26. The highest BCUT2D eigenvalue weighted by atomic mass is 32.2. The van der Waals surface area contributed by atoms with Crippen LogP contribution in [0.4, 0.5) is 13.2 Å². The van der Waals surface area contributed by atoms with E-state index in [9.17, 15) is 21.6 Å². The van der Waals surface area contributed by atoms with E-state index in [0.717, 1.165) is 18.2 Å². The van der Waals surface area contributed by atoms with Crippen molar-refractivity contribution in [3.05, 3.63) is 66.4 Å². The van der Waals surface area contributed by atoms with Crippen LogP contribution in [0.2, 0.25) is 0 Å². The Morgan fingerprint density at radius 2 is 1.69 bits per heavy atom. The van der Waals surface area contributed by atoms with E-state index in [1.807, 2.05) is 0 Å². The van der Waals surface area contributed by atoms with Crippen LogP contribution in [0.15, 0.2) is 70.2 Å². The molecule has 1 aromatic heterocycles. The molecule has 26 heavy (non-hydrogen) atoms. The van der Waals surface area contributed by atoms with Crippen molar-refractivity contribution in [1.29, 1.82) is 0 Å². The second-order valence-corrected chi connectivity index (χ2v) is 6.87. The lowest BCUT2D eigenvalue weighted by atomic mass is 10.1. The predicted molar refractivity (Wildman–Crippen MR) is 87.0 cm³/mol. The predicted octanol–water partition coefficient (Wildman–Crippen LogP) is 4.41. The molecule has 2 aromatic carbocycles. The smallest absolute Gasteiger partial charge is 0.420 e. The summed E-state index contributed by atoms with van der Waals surface area (Å²) < 4.78 is 73.0. The normalized spacial score (nSPS) is 12.2. The van der Waals surface area contributed by atoms with Crippen LogP contribution in [0.5, 0.6) is 11.5 Å². The fourth-order valence-corrected chi connectivity index (χ4v) is 2.78. The van der Waals surface area contributed by atoms with Crippen molar-refractivity contribution in [1.82, 2.24) is 0 Å². The molecule has 0 aliphatic heterocycles.